The Morgan fingerprint density at radius 1 is 1.05 bits per heavy atom. The number of hydrogen-bond donors (Lipinski definition) is 3. The Labute approximate surface area is 246 Å². The molecule has 4 aromatic rings. The molecule has 214 valence electrons. The zero-order valence-corrected chi connectivity index (χ0v) is 25.6. The van der Waals surface area contributed by atoms with E-state index in [2.05, 4.69) is 49.9 Å². The molecule has 0 amide bonds. The Morgan fingerprint density at radius 2 is 1.80 bits per heavy atom. The van der Waals surface area contributed by atoms with Gasteiger partial charge in [0.2, 0.25) is 5.95 Å². The molecule has 1 spiro atoms. The molecule has 2 aliphatic rings. The molecule has 0 bridgehead atoms. The molecule has 0 aliphatic carbocycles. The van der Waals surface area contributed by atoms with Crippen LogP contribution >= 0.6 is 18.7 Å². The third-order valence-corrected chi connectivity index (χ3v) is 10.2. The van der Waals surface area contributed by atoms with Crippen molar-refractivity contribution in [3.05, 3.63) is 65.3 Å². The summed E-state index contributed by atoms with van der Waals surface area (Å²) in [6.45, 7) is 10.1. The second-order valence-electron chi connectivity index (χ2n) is 11.6. The summed E-state index contributed by atoms with van der Waals surface area (Å²) >= 11 is 6.54. The molecule has 0 unspecified atom stereocenters. The summed E-state index contributed by atoms with van der Waals surface area (Å²) < 4.78 is 19.2. The number of rotatable bonds is 7. The smallest absolute Gasteiger partial charge is 0.229 e. The van der Waals surface area contributed by atoms with Crippen LogP contribution in [0.25, 0.3) is 10.8 Å². The topological polar surface area (TPSA) is 91.4 Å². The van der Waals surface area contributed by atoms with Gasteiger partial charge in [-0.25, -0.2) is 4.98 Å². The predicted molar refractivity (Wildman–Crippen MR) is 171 cm³/mol. The van der Waals surface area contributed by atoms with Gasteiger partial charge < -0.3 is 30.2 Å². The third kappa shape index (κ3) is 5.49. The Balaban J connectivity index is 1.27. The van der Waals surface area contributed by atoms with Gasteiger partial charge in [-0.1, -0.05) is 41.9 Å². The number of hydrogen-bond acceptors (Lipinski definition) is 8. The number of nitrogens with one attached hydrogen (secondary N) is 3. The Bertz CT molecular complexity index is 1660. The minimum Gasteiger partial charge on any atom is -0.494 e. The first-order valence-corrected chi connectivity index (χ1v) is 16.9. The molecule has 2 saturated heterocycles. The van der Waals surface area contributed by atoms with Crippen LogP contribution in [0.4, 0.5) is 28.8 Å². The van der Waals surface area contributed by atoms with Crippen molar-refractivity contribution in [2.75, 3.05) is 62.2 Å². The summed E-state index contributed by atoms with van der Waals surface area (Å²) in [5.41, 5.74) is 4.33. The predicted octanol–water partition coefficient (Wildman–Crippen LogP) is 6.53. The highest BCUT2D eigenvalue weighted by Crippen LogP contribution is 2.43. The molecule has 0 radical (unpaired) electrons. The highest BCUT2D eigenvalue weighted by Gasteiger charge is 2.39. The van der Waals surface area contributed by atoms with E-state index in [1.54, 1.807) is 26.6 Å². The molecule has 0 saturated carbocycles. The first-order valence-electron chi connectivity index (χ1n) is 13.9. The number of ether oxygens (including phenoxy) is 1. The van der Waals surface area contributed by atoms with Gasteiger partial charge in [0.05, 0.1) is 24.7 Å². The molecule has 0 atom stereocenters. The van der Waals surface area contributed by atoms with Gasteiger partial charge in [0.1, 0.15) is 17.9 Å². The number of aromatic nitrogens is 2. The van der Waals surface area contributed by atoms with Crippen LogP contribution < -0.4 is 30.9 Å². The first kappa shape index (κ1) is 27.8. The van der Waals surface area contributed by atoms with Crippen LogP contribution in [-0.2, 0) is 4.57 Å². The summed E-state index contributed by atoms with van der Waals surface area (Å²) in [6.07, 6.45) is 3.98. The zero-order valence-electron chi connectivity index (χ0n) is 23.9. The summed E-state index contributed by atoms with van der Waals surface area (Å²) in [5, 5.41) is 13.2. The third-order valence-electron chi connectivity index (χ3n) is 8.37. The molecule has 6 rings (SSSR count). The van der Waals surface area contributed by atoms with Crippen LogP contribution in [0.5, 0.6) is 5.75 Å². The maximum Gasteiger partial charge on any atom is 0.229 e. The molecule has 3 N–H and O–H groups in total. The van der Waals surface area contributed by atoms with Gasteiger partial charge >= 0.3 is 0 Å². The lowest BCUT2D eigenvalue weighted by Crippen LogP contribution is -2.58. The second-order valence-corrected chi connectivity index (χ2v) is 15.2. The van der Waals surface area contributed by atoms with Crippen molar-refractivity contribution in [1.29, 1.82) is 0 Å². The van der Waals surface area contributed by atoms with Gasteiger partial charge in [-0.2, -0.15) is 4.98 Å². The van der Waals surface area contributed by atoms with Crippen LogP contribution in [-0.4, -0.2) is 56.6 Å². The van der Waals surface area contributed by atoms with E-state index < -0.39 is 7.14 Å². The Hall–Kier alpha value is -3.32. The van der Waals surface area contributed by atoms with Crippen molar-refractivity contribution in [2.45, 2.75) is 19.8 Å². The van der Waals surface area contributed by atoms with Crippen molar-refractivity contribution in [3.63, 3.8) is 0 Å². The Morgan fingerprint density at radius 3 is 2.49 bits per heavy atom. The lowest BCUT2D eigenvalue weighted by atomic mass is 9.73. The minimum atomic E-state index is -2.65. The molecule has 1 aromatic heterocycles. The molecule has 41 heavy (non-hydrogen) atoms. The highest BCUT2D eigenvalue weighted by atomic mass is 35.5. The maximum absolute atomic E-state index is 13.4. The number of nitrogens with zero attached hydrogens (tertiary/aromatic N) is 3. The van der Waals surface area contributed by atoms with Crippen LogP contribution in [0.3, 0.4) is 0 Å². The molecule has 3 heterocycles. The molecular formula is C31H36ClN6O2P. The summed E-state index contributed by atoms with van der Waals surface area (Å²) in [6, 6.07) is 16.1. The largest absolute Gasteiger partial charge is 0.494 e. The number of aryl methyl sites for hydroxylation is 1. The van der Waals surface area contributed by atoms with E-state index in [4.69, 9.17) is 16.3 Å². The molecule has 3 aromatic carbocycles. The molecule has 10 heteroatoms. The van der Waals surface area contributed by atoms with Crippen molar-refractivity contribution in [3.8, 4) is 5.75 Å². The normalized spacial score (nSPS) is 16.5. The number of methoxy groups -OCH3 is 1. The van der Waals surface area contributed by atoms with Crippen molar-refractivity contribution in [2.24, 2.45) is 5.41 Å². The number of benzene rings is 3. The summed E-state index contributed by atoms with van der Waals surface area (Å²) in [5.74, 6) is 1.52. The summed E-state index contributed by atoms with van der Waals surface area (Å²) in [7, 11) is -0.971. The fourth-order valence-electron chi connectivity index (χ4n) is 6.04. The van der Waals surface area contributed by atoms with Crippen molar-refractivity contribution >= 4 is 63.6 Å². The lowest BCUT2D eigenvalue weighted by molar-refractivity contribution is 0.126. The first-order chi connectivity index (χ1) is 19.7. The Kier molecular flexibility index (Phi) is 7.35. The fraction of sp³-hybridized carbons (Fsp3) is 0.355. The van der Waals surface area contributed by atoms with Crippen molar-refractivity contribution in [1.82, 2.24) is 15.3 Å². The average molecular weight is 591 g/mol. The van der Waals surface area contributed by atoms with E-state index >= 15 is 0 Å². The number of piperidine rings is 1. The van der Waals surface area contributed by atoms with Gasteiger partial charge in [-0.3, -0.25) is 0 Å². The quantitative estimate of drug-likeness (QED) is 0.209. The highest BCUT2D eigenvalue weighted by molar-refractivity contribution is 7.71. The number of halogens is 1. The van der Waals surface area contributed by atoms with Gasteiger partial charge in [0.25, 0.3) is 0 Å². The van der Waals surface area contributed by atoms with E-state index in [1.165, 1.54) is 18.5 Å². The van der Waals surface area contributed by atoms with Gasteiger partial charge in [0.15, 0.2) is 5.82 Å². The van der Waals surface area contributed by atoms with Crippen LogP contribution in [0.2, 0.25) is 5.02 Å². The van der Waals surface area contributed by atoms with E-state index in [-0.39, 0.29) is 0 Å². The van der Waals surface area contributed by atoms with E-state index in [9.17, 15) is 4.57 Å². The zero-order chi connectivity index (χ0) is 28.8. The summed E-state index contributed by atoms with van der Waals surface area (Å²) in [4.78, 5) is 11.6. The van der Waals surface area contributed by atoms with Gasteiger partial charge in [-0.15, -0.1) is 0 Å². The van der Waals surface area contributed by atoms with Crippen molar-refractivity contribution < 1.29 is 9.30 Å². The lowest BCUT2D eigenvalue weighted by Gasteiger charge is -2.49. The van der Waals surface area contributed by atoms with Gasteiger partial charge in [-0.05, 0) is 67.0 Å². The van der Waals surface area contributed by atoms with Crippen LogP contribution in [0.1, 0.15) is 18.4 Å². The number of anilines is 5. The number of fused-ring (bicyclic) bond motifs is 1. The van der Waals surface area contributed by atoms with E-state index in [0.717, 1.165) is 59.3 Å². The van der Waals surface area contributed by atoms with Crippen LogP contribution in [0.15, 0.2) is 54.7 Å². The SMILES string of the molecule is COc1cc(N2CCC3(CC2)CNC3)c(C)cc1Nc1ncc(Cl)c(Nc2ccc3ccccc3c2P(C)(C)=O)n1. The van der Waals surface area contributed by atoms with E-state index in [1.807, 2.05) is 36.4 Å². The second kappa shape index (κ2) is 10.8. The maximum atomic E-state index is 13.4. The fourth-order valence-corrected chi connectivity index (χ4v) is 7.67. The molecule has 8 nitrogen and oxygen atoms in total. The van der Waals surface area contributed by atoms with Crippen LogP contribution in [0, 0.1) is 12.3 Å². The molecule has 2 aliphatic heterocycles. The minimum absolute atomic E-state index is 0.361. The monoisotopic (exact) mass is 590 g/mol. The molecule has 2 fully saturated rings. The standard InChI is InChI=1S/C31H36ClN6O2P/c1-20-15-25(27(40-2)16-26(20)38-13-11-31(12-14-38)18-33-19-31)36-30-34-17-23(32)29(37-30)35-24-10-9-21-7-5-6-8-22(21)28(24)41(3,4)39/h5-10,15-17,33H,11-14,18-19H2,1-4H3,(H2,34,35,36,37). The average Bonchev–Trinajstić information content (AvgIpc) is 2.93. The van der Waals surface area contributed by atoms with Gasteiger partial charge in [0, 0.05) is 43.2 Å². The van der Waals surface area contributed by atoms with E-state index in [0.29, 0.717) is 27.9 Å². The molecular weight excluding hydrogens is 555 g/mol.